The van der Waals surface area contributed by atoms with E-state index in [-0.39, 0.29) is 0 Å². The Morgan fingerprint density at radius 3 is 2.42 bits per heavy atom. The molecular formula is C15H23NO3. The van der Waals surface area contributed by atoms with Crippen molar-refractivity contribution < 1.29 is 14.3 Å². The summed E-state index contributed by atoms with van der Waals surface area (Å²) in [6, 6.07) is 3.12. The Kier molecular flexibility index (Phi) is 5.36. The van der Waals surface area contributed by atoms with Crippen LogP contribution in [0.2, 0.25) is 0 Å². The molecule has 0 spiro atoms. The molecule has 1 aromatic carbocycles. The van der Waals surface area contributed by atoms with Gasteiger partial charge in [-0.2, -0.15) is 0 Å². The minimum atomic E-state index is -0.747. The van der Waals surface area contributed by atoms with Crippen LogP contribution in [0.4, 0.5) is 0 Å². The average molecular weight is 265 g/mol. The van der Waals surface area contributed by atoms with Gasteiger partial charge < -0.3 is 15.2 Å². The summed E-state index contributed by atoms with van der Waals surface area (Å²) in [6.45, 7) is 8.17. The van der Waals surface area contributed by atoms with Crippen molar-refractivity contribution in [3.8, 4) is 5.75 Å². The highest BCUT2D eigenvalue weighted by Gasteiger charge is 2.21. The molecule has 1 unspecified atom stereocenters. The second kappa shape index (κ2) is 6.57. The van der Waals surface area contributed by atoms with Crippen molar-refractivity contribution >= 4 is 5.97 Å². The molecule has 19 heavy (non-hydrogen) atoms. The van der Waals surface area contributed by atoms with Gasteiger partial charge in [0.15, 0.2) is 0 Å². The molecule has 1 atom stereocenters. The van der Waals surface area contributed by atoms with E-state index in [4.69, 9.17) is 15.2 Å². The van der Waals surface area contributed by atoms with Gasteiger partial charge in [0.05, 0.1) is 13.7 Å². The fourth-order valence-electron chi connectivity index (χ4n) is 2.04. The van der Waals surface area contributed by atoms with Gasteiger partial charge in [-0.1, -0.05) is 13.8 Å². The smallest absolute Gasteiger partial charge is 0.327 e. The van der Waals surface area contributed by atoms with Crippen LogP contribution < -0.4 is 10.5 Å². The Balaban J connectivity index is 3.21. The van der Waals surface area contributed by atoms with Crippen LogP contribution in [0.1, 0.15) is 49.4 Å². The summed E-state index contributed by atoms with van der Waals surface area (Å²) in [5, 5.41) is 0. The van der Waals surface area contributed by atoms with Crippen molar-refractivity contribution in [2.75, 3.05) is 13.7 Å². The second-order valence-electron chi connectivity index (χ2n) is 4.84. The molecule has 4 heteroatoms. The topological polar surface area (TPSA) is 61.5 Å². The Hall–Kier alpha value is -1.55. The van der Waals surface area contributed by atoms with E-state index in [0.29, 0.717) is 12.5 Å². The Morgan fingerprint density at radius 1 is 1.32 bits per heavy atom. The molecule has 1 aromatic rings. The molecule has 2 N–H and O–H groups in total. The minimum absolute atomic E-state index is 0.295. The van der Waals surface area contributed by atoms with Crippen LogP contribution in [0.25, 0.3) is 0 Å². The number of methoxy groups -OCH3 is 1. The highest BCUT2D eigenvalue weighted by atomic mass is 16.5. The number of nitrogens with two attached hydrogens (primary N) is 1. The maximum absolute atomic E-state index is 11.8. The maximum Gasteiger partial charge on any atom is 0.327 e. The largest absolute Gasteiger partial charge is 0.496 e. The van der Waals surface area contributed by atoms with Crippen LogP contribution in [0, 0.1) is 6.92 Å². The molecule has 0 aliphatic rings. The van der Waals surface area contributed by atoms with Gasteiger partial charge in [0.1, 0.15) is 11.8 Å². The summed E-state index contributed by atoms with van der Waals surface area (Å²) in [7, 11) is 1.64. The number of ether oxygens (including phenoxy) is 2. The van der Waals surface area contributed by atoms with E-state index >= 15 is 0 Å². The van der Waals surface area contributed by atoms with Crippen LogP contribution in [0.5, 0.6) is 5.75 Å². The summed E-state index contributed by atoms with van der Waals surface area (Å²) in [4.78, 5) is 11.8. The first kappa shape index (κ1) is 15.5. The van der Waals surface area contributed by atoms with Crippen molar-refractivity contribution in [3.63, 3.8) is 0 Å². The van der Waals surface area contributed by atoms with E-state index < -0.39 is 12.0 Å². The molecule has 0 aromatic heterocycles. The number of rotatable bonds is 5. The van der Waals surface area contributed by atoms with Crippen molar-refractivity contribution in [1.29, 1.82) is 0 Å². The summed E-state index contributed by atoms with van der Waals surface area (Å²) in [5.41, 5.74) is 8.74. The van der Waals surface area contributed by atoms with Crippen molar-refractivity contribution in [3.05, 3.63) is 28.8 Å². The predicted molar refractivity (Wildman–Crippen MR) is 75.4 cm³/mol. The van der Waals surface area contributed by atoms with Gasteiger partial charge in [0.2, 0.25) is 0 Å². The summed E-state index contributed by atoms with van der Waals surface area (Å²) < 4.78 is 10.3. The number of esters is 1. The normalized spacial score (nSPS) is 12.4. The molecule has 0 bridgehead atoms. The molecule has 0 radical (unpaired) electrons. The van der Waals surface area contributed by atoms with Gasteiger partial charge in [0, 0.05) is 0 Å². The first-order valence-electron chi connectivity index (χ1n) is 6.53. The van der Waals surface area contributed by atoms with Crippen LogP contribution in [-0.4, -0.2) is 19.7 Å². The average Bonchev–Trinajstić information content (AvgIpc) is 2.37. The molecule has 0 aliphatic heterocycles. The first-order chi connectivity index (χ1) is 8.92. The van der Waals surface area contributed by atoms with Crippen molar-refractivity contribution in [2.24, 2.45) is 5.73 Å². The third-order valence-corrected chi connectivity index (χ3v) is 3.12. The summed E-state index contributed by atoms with van der Waals surface area (Å²) in [5.74, 6) is 0.724. The molecule has 1 rings (SSSR count). The highest BCUT2D eigenvalue weighted by molar-refractivity contribution is 5.78. The number of carbonyl (C=O) groups is 1. The van der Waals surface area contributed by atoms with Crippen LogP contribution in [-0.2, 0) is 9.53 Å². The van der Waals surface area contributed by atoms with E-state index in [0.717, 1.165) is 22.4 Å². The third-order valence-electron chi connectivity index (χ3n) is 3.12. The van der Waals surface area contributed by atoms with Crippen LogP contribution in [0.15, 0.2) is 12.1 Å². The van der Waals surface area contributed by atoms with E-state index in [1.54, 1.807) is 14.0 Å². The monoisotopic (exact) mass is 265 g/mol. The zero-order valence-electron chi connectivity index (χ0n) is 12.3. The standard InChI is InChI=1S/C15H23NO3/c1-6-19-15(17)14(16)12-8-11(9(2)3)13(18-5)7-10(12)4/h7-9,14H,6,16H2,1-5H3. The van der Waals surface area contributed by atoms with Gasteiger partial charge in [-0.3, -0.25) is 0 Å². The molecule has 106 valence electrons. The lowest BCUT2D eigenvalue weighted by atomic mass is 9.93. The highest BCUT2D eigenvalue weighted by Crippen LogP contribution is 2.31. The lowest BCUT2D eigenvalue weighted by Crippen LogP contribution is -2.24. The summed E-state index contributed by atoms with van der Waals surface area (Å²) >= 11 is 0. The van der Waals surface area contributed by atoms with Gasteiger partial charge in [-0.05, 0) is 48.6 Å². The zero-order chi connectivity index (χ0) is 14.6. The SMILES string of the molecule is CCOC(=O)C(N)c1cc(C(C)C)c(OC)cc1C. The first-order valence-corrected chi connectivity index (χ1v) is 6.53. The molecule has 0 saturated carbocycles. The molecule has 0 saturated heterocycles. The van der Waals surface area contributed by atoms with Gasteiger partial charge in [0.25, 0.3) is 0 Å². The van der Waals surface area contributed by atoms with Crippen molar-refractivity contribution in [2.45, 2.75) is 39.7 Å². The molecular weight excluding hydrogens is 242 g/mol. The predicted octanol–water partition coefficient (Wildman–Crippen LogP) is 2.69. The van der Waals surface area contributed by atoms with Crippen LogP contribution >= 0.6 is 0 Å². The quantitative estimate of drug-likeness (QED) is 0.831. The minimum Gasteiger partial charge on any atom is -0.496 e. The number of carbonyl (C=O) groups excluding carboxylic acids is 1. The molecule has 0 amide bonds. The van der Waals surface area contributed by atoms with Gasteiger partial charge in [-0.25, -0.2) is 4.79 Å². The Bertz CT molecular complexity index is 455. The molecule has 0 fully saturated rings. The lowest BCUT2D eigenvalue weighted by molar-refractivity contribution is -0.144. The number of hydrogen-bond donors (Lipinski definition) is 1. The Labute approximate surface area is 114 Å². The van der Waals surface area contributed by atoms with Crippen LogP contribution in [0.3, 0.4) is 0 Å². The summed E-state index contributed by atoms with van der Waals surface area (Å²) in [6.07, 6.45) is 0. The fraction of sp³-hybridized carbons (Fsp3) is 0.533. The maximum atomic E-state index is 11.8. The second-order valence-corrected chi connectivity index (χ2v) is 4.84. The number of aryl methyl sites for hydroxylation is 1. The van der Waals surface area contributed by atoms with E-state index in [2.05, 4.69) is 13.8 Å². The van der Waals surface area contributed by atoms with Gasteiger partial charge in [-0.15, -0.1) is 0 Å². The van der Waals surface area contributed by atoms with Crippen molar-refractivity contribution in [1.82, 2.24) is 0 Å². The van der Waals surface area contributed by atoms with E-state index in [1.165, 1.54) is 0 Å². The zero-order valence-corrected chi connectivity index (χ0v) is 12.3. The Morgan fingerprint density at radius 2 is 1.95 bits per heavy atom. The third kappa shape index (κ3) is 3.47. The lowest BCUT2D eigenvalue weighted by Gasteiger charge is -2.19. The van der Waals surface area contributed by atoms with E-state index in [1.807, 2.05) is 19.1 Å². The molecule has 0 aliphatic carbocycles. The molecule has 4 nitrogen and oxygen atoms in total. The van der Waals surface area contributed by atoms with E-state index in [9.17, 15) is 4.79 Å². The number of hydrogen-bond acceptors (Lipinski definition) is 4. The molecule has 0 heterocycles. The number of benzene rings is 1. The van der Waals surface area contributed by atoms with Gasteiger partial charge >= 0.3 is 5.97 Å². The fourth-order valence-corrected chi connectivity index (χ4v) is 2.04.